The third-order valence-electron chi connectivity index (χ3n) is 5.40. The standard InChI is InChI=1S/C23H20F3N5O5/c1-35-14-4-6-18(16(10-14)23(24,25)26)36-15-3-2-13(27-12-15)11-28-21(34)22(8-9-22)29-20(33)17-5-7-19(32)31-30-17/h2-7,10,12H,8-9,11H2,1H3,(H,28,34)(H,29,33)(H,31,32). The first-order chi connectivity index (χ1) is 17.1. The molecule has 1 aliphatic rings. The van der Waals surface area contributed by atoms with Crippen molar-refractivity contribution >= 4 is 11.8 Å². The van der Waals surface area contributed by atoms with Gasteiger partial charge in [-0.25, -0.2) is 5.10 Å². The molecular formula is C23H20F3N5O5. The summed E-state index contributed by atoms with van der Waals surface area (Å²) in [6.07, 6.45) is -2.55. The molecule has 2 amide bonds. The van der Waals surface area contributed by atoms with Gasteiger partial charge in [-0.3, -0.25) is 19.4 Å². The maximum atomic E-state index is 13.4. The van der Waals surface area contributed by atoms with Crippen LogP contribution < -0.4 is 25.7 Å². The van der Waals surface area contributed by atoms with Crippen LogP contribution in [0.4, 0.5) is 13.2 Å². The maximum Gasteiger partial charge on any atom is 0.420 e. The first kappa shape index (κ1) is 24.7. The first-order valence-electron chi connectivity index (χ1n) is 10.6. The van der Waals surface area contributed by atoms with Gasteiger partial charge in [-0.2, -0.15) is 18.3 Å². The van der Waals surface area contributed by atoms with E-state index in [4.69, 9.17) is 9.47 Å². The molecule has 0 radical (unpaired) electrons. The van der Waals surface area contributed by atoms with E-state index in [1.165, 1.54) is 37.6 Å². The Morgan fingerprint density at radius 1 is 1.11 bits per heavy atom. The van der Waals surface area contributed by atoms with Crippen molar-refractivity contribution in [1.29, 1.82) is 0 Å². The molecular weight excluding hydrogens is 483 g/mol. The van der Waals surface area contributed by atoms with Crippen LogP contribution in [-0.2, 0) is 17.5 Å². The van der Waals surface area contributed by atoms with Crippen molar-refractivity contribution in [3.8, 4) is 17.2 Å². The molecule has 0 aliphatic heterocycles. The second-order valence-corrected chi connectivity index (χ2v) is 7.97. The number of carbonyl (C=O) groups excluding carboxylic acids is 2. The fraction of sp³-hybridized carbons (Fsp3) is 0.261. The van der Waals surface area contributed by atoms with Crippen molar-refractivity contribution in [3.05, 3.63) is 76.0 Å². The Morgan fingerprint density at radius 2 is 1.86 bits per heavy atom. The number of carbonyl (C=O) groups is 2. The number of aromatic amines is 1. The lowest BCUT2D eigenvalue weighted by Gasteiger charge is -2.17. The summed E-state index contributed by atoms with van der Waals surface area (Å²) in [6.45, 7) is 0.0178. The van der Waals surface area contributed by atoms with Gasteiger partial charge in [-0.15, -0.1) is 0 Å². The third kappa shape index (κ3) is 5.62. The topological polar surface area (TPSA) is 135 Å². The zero-order valence-corrected chi connectivity index (χ0v) is 18.8. The number of nitrogens with zero attached hydrogens (tertiary/aromatic N) is 2. The lowest BCUT2D eigenvalue weighted by atomic mass is 10.2. The molecule has 0 atom stereocenters. The molecule has 0 spiro atoms. The molecule has 0 saturated heterocycles. The van der Waals surface area contributed by atoms with Crippen LogP contribution in [0.15, 0.2) is 53.5 Å². The molecule has 1 fully saturated rings. The minimum absolute atomic E-state index is 0.0178. The molecule has 1 aliphatic carbocycles. The molecule has 3 aromatic rings. The van der Waals surface area contributed by atoms with E-state index in [9.17, 15) is 27.6 Å². The van der Waals surface area contributed by atoms with Crippen molar-refractivity contribution in [2.75, 3.05) is 7.11 Å². The van der Waals surface area contributed by atoms with E-state index < -0.39 is 40.4 Å². The molecule has 4 rings (SSSR count). The fourth-order valence-electron chi connectivity index (χ4n) is 3.28. The van der Waals surface area contributed by atoms with Crippen molar-refractivity contribution in [1.82, 2.24) is 25.8 Å². The number of rotatable bonds is 8. The number of amides is 2. The summed E-state index contributed by atoms with van der Waals surface area (Å²) in [7, 11) is 1.26. The average molecular weight is 503 g/mol. The number of aromatic nitrogens is 3. The number of benzene rings is 1. The molecule has 0 unspecified atom stereocenters. The Bertz CT molecular complexity index is 1320. The summed E-state index contributed by atoms with van der Waals surface area (Å²) < 4.78 is 50.3. The van der Waals surface area contributed by atoms with Gasteiger partial charge in [0.25, 0.3) is 11.5 Å². The van der Waals surface area contributed by atoms with E-state index >= 15 is 0 Å². The highest BCUT2D eigenvalue weighted by molar-refractivity contribution is 5.99. The Kier molecular flexibility index (Phi) is 6.64. The van der Waals surface area contributed by atoms with E-state index in [-0.39, 0.29) is 23.7 Å². The molecule has 1 aromatic carbocycles. The number of nitrogens with one attached hydrogen (secondary N) is 3. The van der Waals surface area contributed by atoms with Crippen LogP contribution in [0.25, 0.3) is 0 Å². The molecule has 2 aromatic heterocycles. The van der Waals surface area contributed by atoms with Gasteiger partial charge in [0.2, 0.25) is 5.91 Å². The van der Waals surface area contributed by atoms with Gasteiger partial charge in [-0.05, 0) is 49.2 Å². The molecule has 188 valence electrons. The van der Waals surface area contributed by atoms with E-state index in [1.54, 1.807) is 0 Å². The second-order valence-electron chi connectivity index (χ2n) is 7.97. The first-order valence-corrected chi connectivity index (χ1v) is 10.6. The number of H-pyrrole nitrogens is 1. The van der Waals surface area contributed by atoms with E-state index in [2.05, 4.69) is 25.8 Å². The van der Waals surface area contributed by atoms with Gasteiger partial charge < -0.3 is 20.1 Å². The van der Waals surface area contributed by atoms with Gasteiger partial charge >= 0.3 is 6.18 Å². The predicted octanol–water partition coefficient (Wildman–Crippen LogP) is 2.56. The number of halogens is 3. The van der Waals surface area contributed by atoms with E-state index in [1.807, 2.05) is 0 Å². The third-order valence-corrected chi connectivity index (χ3v) is 5.40. The number of hydrogen-bond acceptors (Lipinski definition) is 7. The smallest absolute Gasteiger partial charge is 0.420 e. The van der Waals surface area contributed by atoms with Crippen LogP contribution in [0.5, 0.6) is 17.2 Å². The van der Waals surface area contributed by atoms with Crippen molar-refractivity contribution in [3.63, 3.8) is 0 Å². The van der Waals surface area contributed by atoms with Gasteiger partial charge in [0.15, 0.2) is 0 Å². The number of methoxy groups -OCH3 is 1. The quantitative estimate of drug-likeness (QED) is 0.430. The van der Waals surface area contributed by atoms with Gasteiger partial charge in [0.05, 0.1) is 25.5 Å². The Labute approximate surface area is 201 Å². The zero-order chi connectivity index (χ0) is 25.9. The highest BCUT2D eigenvalue weighted by atomic mass is 19.4. The molecule has 0 bridgehead atoms. The van der Waals surface area contributed by atoms with Crippen molar-refractivity contribution < 1.29 is 32.2 Å². The molecule has 10 nitrogen and oxygen atoms in total. The normalized spacial score (nSPS) is 14.0. The average Bonchev–Trinajstić information content (AvgIpc) is 3.64. The minimum atomic E-state index is -4.65. The van der Waals surface area contributed by atoms with Crippen molar-refractivity contribution in [2.24, 2.45) is 0 Å². The molecule has 13 heteroatoms. The Balaban J connectivity index is 1.35. The number of ether oxygens (including phenoxy) is 2. The van der Waals surface area contributed by atoms with E-state index in [0.29, 0.717) is 18.5 Å². The Morgan fingerprint density at radius 3 is 2.44 bits per heavy atom. The van der Waals surface area contributed by atoms with Crippen LogP contribution in [-0.4, -0.2) is 39.6 Å². The van der Waals surface area contributed by atoms with Crippen molar-refractivity contribution in [2.45, 2.75) is 31.1 Å². The lowest BCUT2D eigenvalue weighted by Crippen LogP contribution is -2.49. The van der Waals surface area contributed by atoms with Crippen LogP contribution in [0.3, 0.4) is 0 Å². The van der Waals surface area contributed by atoms with Gasteiger partial charge in [0.1, 0.15) is 34.0 Å². The monoisotopic (exact) mass is 503 g/mol. The molecule has 3 N–H and O–H groups in total. The van der Waals surface area contributed by atoms with Gasteiger partial charge in [0, 0.05) is 6.07 Å². The zero-order valence-electron chi connectivity index (χ0n) is 18.8. The summed E-state index contributed by atoms with van der Waals surface area (Å²) in [4.78, 5) is 40.2. The molecule has 1 saturated carbocycles. The summed E-state index contributed by atoms with van der Waals surface area (Å²) in [5.41, 5.74) is -2.14. The highest BCUT2D eigenvalue weighted by Gasteiger charge is 2.51. The summed E-state index contributed by atoms with van der Waals surface area (Å²) in [6, 6.07) is 8.67. The van der Waals surface area contributed by atoms with Gasteiger partial charge in [-0.1, -0.05) is 0 Å². The number of hydrogen-bond donors (Lipinski definition) is 3. The van der Waals surface area contributed by atoms with Crippen LogP contribution >= 0.6 is 0 Å². The van der Waals surface area contributed by atoms with Crippen LogP contribution in [0.2, 0.25) is 0 Å². The SMILES string of the molecule is COc1ccc(Oc2ccc(CNC(=O)C3(NC(=O)c4ccc(=O)[nH]n4)CC3)nc2)c(C(F)(F)F)c1. The molecule has 36 heavy (non-hydrogen) atoms. The Hall–Kier alpha value is -4.42. The second kappa shape index (κ2) is 9.68. The van der Waals surface area contributed by atoms with E-state index in [0.717, 1.165) is 18.2 Å². The van der Waals surface area contributed by atoms with Crippen LogP contribution in [0.1, 0.15) is 34.6 Å². The largest absolute Gasteiger partial charge is 0.497 e. The molecule has 2 heterocycles. The lowest BCUT2D eigenvalue weighted by molar-refractivity contribution is -0.138. The summed E-state index contributed by atoms with van der Waals surface area (Å²) in [5.74, 6) is -1.32. The summed E-state index contributed by atoms with van der Waals surface area (Å²) in [5, 5.41) is 11.1. The van der Waals surface area contributed by atoms with Crippen LogP contribution in [0, 0.1) is 0 Å². The number of pyridine rings is 1. The fourth-order valence-corrected chi connectivity index (χ4v) is 3.28. The summed E-state index contributed by atoms with van der Waals surface area (Å²) >= 11 is 0. The highest BCUT2D eigenvalue weighted by Crippen LogP contribution is 2.40. The number of alkyl halides is 3. The predicted molar refractivity (Wildman–Crippen MR) is 118 cm³/mol. The minimum Gasteiger partial charge on any atom is -0.497 e. The maximum absolute atomic E-state index is 13.4.